The molecule has 1 aromatic carbocycles. The molecule has 142 valence electrons. The van der Waals surface area contributed by atoms with Crippen LogP contribution in [0.15, 0.2) is 18.2 Å². The molecule has 2 rings (SSSR count). The molecule has 0 aliphatic carbocycles. The van der Waals surface area contributed by atoms with Crippen LogP contribution in [0.25, 0.3) is 0 Å². The Kier molecular flexibility index (Phi) is 9.86. The van der Waals surface area contributed by atoms with E-state index in [0.29, 0.717) is 19.6 Å². The fraction of sp³-hybridized carbons (Fsp3) is 0.632. The van der Waals surface area contributed by atoms with Crippen LogP contribution in [0.3, 0.4) is 0 Å². The van der Waals surface area contributed by atoms with Crippen molar-refractivity contribution in [3.63, 3.8) is 0 Å². The summed E-state index contributed by atoms with van der Waals surface area (Å²) >= 11 is 0. The first-order valence-corrected chi connectivity index (χ1v) is 8.89. The van der Waals surface area contributed by atoms with Crippen LogP contribution in [0.1, 0.15) is 36.8 Å². The van der Waals surface area contributed by atoms with Gasteiger partial charge in [-0.2, -0.15) is 0 Å². The number of ether oxygens (including phenoxy) is 2. The van der Waals surface area contributed by atoms with E-state index in [9.17, 15) is 4.79 Å². The summed E-state index contributed by atoms with van der Waals surface area (Å²) in [6.45, 7) is 7.42. The highest BCUT2D eigenvalue weighted by Gasteiger charge is 2.22. The SMILES string of the molecule is Cc1ccc(C)c(OCCC(=O)N2CCC(OCCCN)CC2)c1.Cl. The maximum atomic E-state index is 12.3. The molecular weight excluding hydrogens is 340 g/mol. The zero-order chi connectivity index (χ0) is 17.4. The summed E-state index contributed by atoms with van der Waals surface area (Å²) in [5.74, 6) is 1.04. The minimum absolute atomic E-state index is 0. The normalized spacial score (nSPS) is 14.9. The lowest BCUT2D eigenvalue weighted by atomic mass is 10.1. The van der Waals surface area contributed by atoms with Crippen molar-refractivity contribution in [3.8, 4) is 5.75 Å². The maximum absolute atomic E-state index is 12.3. The van der Waals surface area contributed by atoms with Crippen molar-refractivity contribution in [2.24, 2.45) is 5.73 Å². The molecular formula is C19H31ClN2O3. The van der Waals surface area contributed by atoms with Gasteiger partial charge in [0.15, 0.2) is 0 Å². The molecule has 5 nitrogen and oxygen atoms in total. The van der Waals surface area contributed by atoms with Gasteiger partial charge in [0, 0.05) is 19.7 Å². The predicted molar refractivity (Wildman–Crippen MR) is 103 cm³/mol. The van der Waals surface area contributed by atoms with Gasteiger partial charge in [-0.25, -0.2) is 0 Å². The van der Waals surface area contributed by atoms with Gasteiger partial charge in [0.05, 0.1) is 19.1 Å². The van der Waals surface area contributed by atoms with E-state index in [-0.39, 0.29) is 24.4 Å². The standard InChI is InChI=1S/C19H30N2O3.ClH/c1-15-4-5-16(2)18(14-15)24-13-8-19(22)21-10-6-17(7-11-21)23-12-3-9-20;/h4-5,14,17H,3,6-13,20H2,1-2H3;1H. The minimum Gasteiger partial charge on any atom is -0.493 e. The third kappa shape index (κ3) is 7.22. The second kappa shape index (κ2) is 11.3. The van der Waals surface area contributed by atoms with E-state index in [1.165, 1.54) is 5.56 Å². The molecule has 1 amide bonds. The average Bonchev–Trinajstić information content (AvgIpc) is 2.58. The molecule has 0 spiro atoms. The second-order valence-corrected chi connectivity index (χ2v) is 6.46. The van der Waals surface area contributed by atoms with E-state index in [0.717, 1.165) is 50.3 Å². The fourth-order valence-corrected chi connectivity index (χ4v) is 2.87. The van der Waals surface area contributed by atoms with Crippen LogP contribution in [-0.4, -0.2) is 49.8 Å². The van der Waals surface area contributed by atoms with Crippen molar-refractivity contribution in [2.45, 2.75) is 45.6 Å². The monoisotopic (exact) mass is 370 g/mol. The molecule has 1 aliphatic rings. The highest BCUT2D eigenvalue weighted by Crippen LogP contribution is 2.20. The Hall–Kier alpha value is -1.30. The first kappa shape index (κ1) is 21.7. The molecule has 1 saturated heterocycles. The number of nitrogens with two attached hydrogens (primary N) is 1. The first-order chi connectivity index (χ1) is 11.6. The molecule has 1 aromatic rings. The van der Waals surface area contributed by atoms with Gasteiger partial charge in [-0.1, -0.05) is 12.1 Å². The van der Waals surface area contributed by atoms with Gasteiger partial charge in [-0.3, -0.25) is 4.79 Å². The molecule has 2 N–H and O–H groups in total. The van der Waals surface area contributed by atoms with Gasteiger partial charge in [0.2, 0.25) is 5.91 Å². The van der Waals surface area contributed by atoms with Crippen LogP contribution >= 0.6 is 12.4 Å². The molecule has 25 heavy (non-hydrogen) atoms. The van der Waals surface area contributed by atoms with Crippen LogP contribution in [0.2, 0.25) is 0 Å². The zero-order valence-corrected chi connectivity index (χ0v) is 16.1. The molecule has 6 heteroatoms. The molecule has 1 fully saturated rings. The fourth-order valence-electron chi connectivity index (χ4n) is 2.87. The second-order valence-electron chi connectivity index (χ2n) is 6.46. The molecule has 0 aromatic heterocycles. The lowest BCUT2D eigenvalue weighted by molar-refractivity contribution is -0.134. The number of halogens is 1. The quantitative estimate of drug-likeness (QED) is 0.714. The maximum Gasteiger partial charge on any atom is 0.226 e. The highest BCUT2D eigenvalue weighted by atomic mass is 35.5. The summed E-state index contributed by atoms with van der Waals surface area (Å²) in [5, 5.41) is 0. The van der Waals surface area contributed by atoms with E-state index in [1.807, 2.05) is 30.9 Å². The lowest BCUT2D eigenvalue weighted by Crippen LogP contribution is -2.41. The van der Waals surface area contributed by atoms with Crippen LogP contribution < -0.4 is 10.5 Å². The van der Waals surface area contributed by atoms with Crippen molar-refractivity contribution in [2.75, 3.05) is 32.8 Å². The first-order valence-electron chi connectivity index (χ1n) is 8.89. The van der Waals surface area contributed by atoms with Gasteiger partial charge >= 0.3 is 0 Å². The summed E-state index contributed by atoms with van der Waals surface area (Å²) in [5.41, 5.74) is 7.73. The summed E-state index contributed by atoms with van der Waals surface area (Å²) in [7, 11) is 0. The van der Waals surface area contributed by atoms with Crippen LogP contribution in [0.4, 0.5) is 0 Å². The molecule has 0 atom stereocenters. The lowest BCUT2D eigenvalue weighted by Gasteiger charge is -2.32. The Labute approximate surface area is 157 Å². The Morgan fingerprint density at radius 3 is 2.64 bits per heavy atom. The Bertz CT molecular complexity index is 531. The van der Waals surface area contributed by atoms with Crippen LogP contribution in [-0.2, 0) is 9.53 Å². The number of nitrogens with zero attached hydrogens (tertiary/aromatic N) is 1. The number of hydrogen-bond acceptors (Lipinski definition) is 4. The van der Waals surface area contributed by atoms with Gasteiger partial charge in [0.25, 0.3) is 0 Å². The van der Waals surface area contributed by atoms with Crippen LogP contribution in [0.5, 0.6) is 5.75 Å². The van der Waals surface area contributed by atoms with Crippen molar-refractivity contribution < 1.29 is 14.3 Å². The number of hydrogen-bond donors (Lipinski definition) is 1. The third-order valence-electron chi connectivity index (χ3n) is 4.41. The summed E-state index contributed by atoms with van der Waals surface area (Å²) < 4.78 is 11.6. The number of carbonyl (C=O) groups is 1. The van der Waals surface area contributed by atoms with Gasteiger partial charge in [-0.05, 0) is 56.8 Å². The summed E-state index contributed by atoms with van der Waals surface area (Å²) in [6.07, 6.45) is 3.41. The summed E-state index contributed by atoms with van der Waals surface area (Å²) in [4.78, 5) is 14.2. The van der Waals surface area contributed by atoms with Crippen molar-refractivity contribution in [1.29, 1.82) is 0 Å². The van der Waals surface area contributed by atoms with Crippen LogP contribution in [0, 0.1) is 13.8 Å². The molecule has 0 radical (unpaired) electrons. The highest BCUT2D eigenvalue weighted by molar-refractivity contribution is 5.85. The van der Waals surface area contributed by atoms with E-state index in [4.69, 9.17) is 15.2 Å². The Balaban J connectivity index is 0.00000312. The largest absolute Gasteiger partial charge is 0.493 e. The molecule has 0 unspecified atom stereocenters. The number of piperidine rings is 1. The van der Waals surface area contributed by atoms with E-state index in [1.54, 1.807) is 0 Å². The topological polar surface area (TPSA) is 64.8 Å². The number of aryl methyl sites for hydroxylation is 2. The van der Waals surface area contributed by atoms with Gasteiger partial charge in [0.1, 0.15) is 5.75 Å². The molecule has 0 saturated carbocycles. The number of likely N-dealkylation sites (tertiary alicyclic amines) is 1. The van der Waals surface area contributed by atoms with E-state index >= 15 is 0 Å². The van der Waals surface area contributed by atoms with Gasteiger partial charge < -0.3 is 20.1 Å². The molecule has 1 aliphatic heterocycles. The smallest absolute Gasteiger partial charge is 0.226 e. The molecule has 1 heterocycles. The minimum atomic E-state index is 0. The van der Waals surface area contributed by atoms with E-state index in [2.05, 4.69) is 6.07 Å². The number of carbonyl (C=O) groups excluding carboxylic acids is 1. The predicted octanol–water partition coefficient (Wildman–Crippen LogP) is 2.85. The summed E-state index contributed by atoms with van der Waals surface area (Å²) in [6, 6.07) is 6.12. The van der Waals surface area contributed by atoms with Gasteiger partial charge in [-0.15, -0.1) is 12.4 Å². The number of rotatable bonds is 8. The van der Waals surface area contributed by atoms with E-state index < -0.39 is 0 Å². The zero-order valence-electron chi connectivity index (χ0n) is 15.3. The number of amides is 1. The van der Waals surface area contributed by atoms with Crippen molar-refractivity contribution in [3.05, 3.63) is 29.3 Å². The Morgan fingerprint density at radius 2 is 1.96 bits per heavy atom. The third-order valence-corrected chi connectivity index (χ3v) is 4.41. The van der Waals surface area contributed by atoms with Crippen molar-refractivity contribution >= 4 is 18.3 Å². The van der Waals surface area contributed by atoms with Crippen molar-refractivity contribution in [1.82, 2.24) is 4.90 Å². The molecule has 0 bridgehead atoms. The Morgan fingerprint density at radius 1 is 1.24 bits per heavy atom. The average molecular weight is 371 g/mol. The number of benzene rings is 1.